The molecule has 12 unspecified atom stereocenters. The van der Waals surface area contributed by atoms with Crippen LogP contribution >= 0.6 is 0 Å². The molecule has 676 valence electrons. The Hall–Kier alpha value is -12.9. The molecule has 0 spiro atoms. The molecular formula is C92H120N16O18. The number of carbonyl (C=O) groups is 12. The van der Waals surface area contributed by atoms with E-state index in [-0.39, 0.29) is 70.6 Å². The molecule has 1 fully saturated rings. The van der Waals surface area contributed by atoms with E-state index in [1.165, 1.54) is 63.2 Å². The molecule has 0 aliphatic carbocycles. The summed E-state index contributed by atoms with van der Waals surface area (Å²) in [6.07, 6.45) is 0.852. The number of likely N-dealkylation sites (N-methyl/N-ethyl adjacent to an activating group) is 2. The maximum Gasteiger partial charge on any atom is 0.410 e. The van der Waals surface area contributed by atoms with E-state index in [2.05, 4.69) is 47.3 Å². The van der Waals surface area contributed by atoms with Crippen molar-refractivity contribution in [2.45, 2.75) is 233 Å². The number of methoxy groups -OCH3 is 1. The molecule has 34 heteroatoms. The third-order valence-electron chi connectivity index (χ3n) is 21.8. The van der Waals surface area contributed by atoms with Gasteiger partial charge in [-0.1, -0.05) is 156 Å². The molecular weight excluding hydrogens is 1620 g/mol. The third-order valence-corrected chi connectivity index (χ3v) is 21.8. The summed E-state index contributed by atoms with van der Waals surface area (Å²) < 4.78 is 30.3. The van der Waals surface area contributed by atoms with Crippen molar-refractivity contribution in [3.05, 3.63) is 168 Å². The minimum atomic E-state index is -1.59. The van der Waals surface area contributed by atoms with Crippen LogP contribution in [0.3, 0.4) is 0 Å². The first kappa shape index (κ1) is 96.9. The molecule has 8 N–H and O–H groups in total. The topological polar surface area (TPSA) is 436 Å². The number of aromatic nitrogens is 3. The number of nitrogens with zero attached hydrogens (tertiary/aromatic N) is 9. The zero-order valence-electron chi connectivity index (χ0n) is 75.0. The Morgan fingerprint density at radius 2 is 1.08 bits per heavy atom. The van der Waals surface area contributed by atoms with E-state index in [0.29, 0.717) is 33.7 Å². The average Bonchev–Trinajstić information content (AvgIpc) is 1.61. The number of nitrogens with one attached hydrogen (secondary N) is 7. The number of benzene rings is 6. The summed E-state index contributed by atoms with van der Waals surface area (Å²) in [7, 11) is 3.95. The van der Waals surface area contributed by atoms with E-state index in [0.717, 1.165) is 31.3 Å². The molecule has 6 aromatic carbocycles. The number of esters is 1. The van der Waals surface area contributed by atoms with E-state index in [1.807, 2.05) is 79.7 Å². The molecule has 10 amide bonds. The molecule has 6 bridgehead atoms. The molecule has 126 heavy (non-hydrogen) atoms. The summed E-state index contributed by atoms with van der Waals surface area (Å²) in [6, 6.07) is 23.8. The summed E-state index contributed by atoms with van der Waals surface area (Å²) in [6.45, 7) is 23.8. The highest BCUT2D eigenvalue weighted by atomic mass is 16.6. The van der Waals surface area contributed by atoms with Crippen LogP contribution in [0.15, 0.2) is 150 Å². The zero-order valence-corrected chi connectivity index (χ0v) is 75.0. The van der Waals surface area contributed by atoms with Gasteiger partial charge < -0.3 is 70.5 Å². The van der Waals surface area contributed by atoms with Gasteiger partial charge in [0.05, 0.1) is 31.9 Å². The van der Waals surface area contributed by atoms with E-state index >= 15 is 19.2 Å². The van der Waals surface area contributed by atoms with Gasteiger partial charge in [-0.25, -0.2) is 29.4 Å². The van der Waals surface area contributed by atoms with Crippen LogP contribution in [0.5, 0.6) is 11.5 Å². The van der Waals surface area contributed by atoms with Gasteiger partial charge in [-0.2, -0.15) is 5.11 Å². The fourth-order valence-electron chi connectivity index (χ4n) is 14.3. The number of hydrogen-bond acceptors (Lipinski definition) is 22. The number of amides is 10. The second-order valence-corrected chi connectivity index (χ2v) is 36.3. The summed E-state index contributed by atoms with van der Waals surface area (Å²) in [4.78, 5) is 184. The van der Waals surface area contributed by atoms with Gasteiger partial charge in [0.25, 0.3) is 0 Å². The van der Waals surface area contributed by atoms with Crippen LogP contribution in [0.1, 0.15) is 151 Å². The number of hydrogen-bond donors (Lipinski definition) is 8. The van der Waals surface area contributed by atoms with Gasteiger partial charge >= 0.3 is 24.1 Å². The van der Waals surface area contributed by atoms with Crippen molar-refractivity contribution in [3.8, 4) is 11.5 Å². The van der Waals surface area contributed by atoms with Gasteiger partial charge in [0.1, 0.15) is 102 Å². The Kier molecular flexibility index (Phi) is 32.4. The lowest BCUT2D eigenvalue weighted by Crippen LogP contribution is -2.62. The van der Waals surface area contributed by atoms with Crippen LogP contribution in [0, 0.1) is 16.4 Å². The summed E-state index contributed by atoms with van der Waals surface area (Å²) in [5.74, 6) is -7.81. The predicted molar refractivity (Wildman–Crippen MR) is 470 cm³/mol. The Morgan fingerprint density at radius 1 is 0.603 bits per heavy atom. The lowest BCUT2D eigenvalue weighted by Gasteiger charge is -2.37. The highest BCUT2D eigenvalue weighted by Crippen LogP contribution is 2.31. The highest BCUT2D eigenvalue weighted by molar-refractivity contribution is 5.99. The number of fused-ring (bicyclic) bond motifs is 2. The van der Waals surface area contributed by atoms with Crippen molar-refractivity contribution >= 4 is 99.1 Å². The number of likely N-dealkylation sites (tertiary alicyclic amines) is 1. The molecule has 12 rings (SSSR count). The molecule has 1 aromatic heterocycles. The van der Waals surface area contributed by atoms with E-state index < -0.39 is 172 Å². The molecule has 34 nitrogen and oxygen atoms in total. The molecule has 0 radical (unpaired) electrons. The van der Waals surface area contributed by atoms with Crippen LogP contribution in [0.2, 0.25) is 0 Å². The number of carbonyl (C=O) groups excluding carboxylic acids is 11. The second kappa shape index (κ2) is 42.2. The first-order valence-corrected chi connectivity index (χ1v) is 42.1. The number of ether oxygens (including phenoxy) is 5. The molecule has 1 saturated heterocycles. The molecule has 7 aromatic rings. The monoisotopic (exact) mass is 1740 g/mol. The first-order chi connectivity index (χ1) is 59.3. The summed E-state index contributed by atoms with van der Waals surface area (Å²) >= 11 is 0. The van der Waals surface area contributed by atoms with Gasteiger partial charge in [0.15, 0.2) is 0 Å². The van der Waals surface area contributed by atoms with Crippen molar-refractivity contribution in [3.63, 3.8) is 0 Å². The van der Waals surface area contributed by atoms with Gasteiger partial charge in [0, 0.05) is 59.1 Å². The Balaban J connectivity index is 1.07. The van der Waals surface area contributed by atoms with Gasteiger partial charge in [0.2, 0.25) is 47.3 Å². The van der Waals surface area contributed by atoms with Gasteiger partial charge in [-0.15, -0.1) is 5.10 Å². The average molecular weight is 1740 g/mol. The van der Waals surface area contributed by atoms with Gasteiger partial charge in [-0.05, 0) is 154 Å². The van der Waals surface area contributed by atoms with E-state index in [9.17, 15) is 43.5 Å². The smallest absolute Gasteiger partial charge is 0.410 e. The van der Waals surface area contributed by atoms with Crippen molar-refractivity contribution in [1.29, 1.82) is 5.53 Å². The Labute approximate surface area is 734 Å². The third kappa shape index (κ3) is 27.1. The predicted octanol–water partition coefficient (Wildman–Crippen LogP) is 8.82. The van der Waals surface area contributed by atoms with Gasteiger partial charge in [-0.3, -0.25) is 53.1 Å². The largest absolute Gasteiger partial charge is 0.491 e. The Bertz CT molecular complexity index is 5110. The van der Waals surface area contributed by atoms with Crippen molar-refractivity contribution in [2.75, 3.05) is 47.4 Å². The van der Waals surface area contributed by atoms with Crippen LogP contribution in [0.25, 0.3) is 21.5 Å². The number of carboxylic acids is 1. The molecule has 12 atom stereocenters. The lowest BCUT2D eigenvalue weighted by molar-refractivity contribution is -0.146. The number of rotatable bonds is 15. The van der Waals surface area contributed by atoms with Crippen molar-refractivity contribution < 1.29 is 86.3 Å². The molecule has 0 saturated carbocycles. The number of aliphatic imine (C=N–C) groups is 1. The van der Waals surface area contributed by atoms with Crippen LogP contribution in [-0.2, 0) is 94.4 Å². The summed E-state index contributed by atoms with van der Waals surface area (Å²) in [5.41, 5.74) is 7.00. The van der Waals surface area contributed by atoms with Crippen LogP contribution in [-0.4, -0.2) is 242 Å². The second-order valence-electron chi connectivity index (χ2n) is 36.3. The first-order valence-electron chi connectivity index (χ1n) is 42.1. The fraction of sp³-hybridized carbons (Fsp3) is 0.489. The minimum Gasteiger partial charge on any atom is -0.491 e. The summed E-state index contributed by atoms with van der Waals surface area (Å²) in [5, 5.41) is 43.7. The minimum absolute atomic E-state index is 0.0348. The van der Waals surface area contributed by atoms with Crippen molar-refractivity contribution in [1.82, 2.24) is 66.5 Å². The fourth-order valence-corrected chi connectivity index (χ4v) is 14.3. The maximum atomic E-state index is 15.7. The Morgan fingerprint density at radius 3 is 1.56 bits per heavy atom. The normalized spacial score (nSPS) is 20.5. The number of carboxylic acid groups (broad SMARTS) is 1. The molecule has 6 heterocycles. The SMILES string of the molecule is COC(=O)C1Cc2ccc(cc2)OCc2cn(nn2)C(C)CCN(C(=O)C(NC(=O)C(C)N(C)C(=O)OC(C)(C)C)C(C)(C)C)CC(=O)NC(Cc2ccc3ccccc3c2)C(=O)NC(C(=O)O)Cc2ccc(cc2)OCC(N=N)C=NC2CCN(C(=O)C(NC(=O)C(C)N(C)C(=O)OC(C)(C)C)C(C)(C)C)C2C(=O)NC(Cc2ccc3ccccc3c2)C(=O)N1. The maximum absolute atomic E-state index is 15.7. The standard InChI is InChI=1S/C92H120N16O18/c1-54-39-41-106(83(115)76(89(4,5)6)99-78(110)55(2)104(16)87(120)125-91(10,11)12)51-74(109)95-70(47-59-27-33-61-23-19-21-25-63(61)43-59)80(112)97-72(85(117)118)45-57-29-35-67(36-30-57)123-52-65(101-93)49-94-69-40-42-107(84(116)77(90(7,8)9)100-79(111)56(3)105(17)88(121)126-92(13,14)15)75(69)82(114)96-71(48-60-28-34-62-24-20-22-26-64(62)44-60)81(113)98-73(86(119)122-18)46-58-31-37-68(38-32-58)124-53-66-50-108(54)103-102-66/h19-38,43-44,49-50,54-56,65,69-73,75-77,93H,39-42,45-48,51-53H2,1-18H3,(H,95,109)(H,96,114)(H,97,112)(H,98,113)(H,99,110)(H,100,111)(H,117,118). The van der Waals surface area contributed by atoms with E-state index in [4.69, 9.17) is 34.2 Å². The van der Waals surface area contributed by atoms with Crippen LogP contribution < -0.4 is 41.4 Å². The van der Waals surface area contributed by atoms with Crippen LogP contribution in [0.4, 0.5) is 9.59 Å². The molecule has 5 aliphatic rings. The van der Waals surface area contributed by atoms with E-state index in [1.54, 1.807) is 142 Å². The number of aliphatic carboxylic acids is 1. The quantitative estimate of drug-likeness (QED) is 0.0270. The molecule has 5 aliphatic heterocycles. The zero-order chi connectivity index (χ0) is 92.4. The van der Waals surface area contributed by atoms with Crippen molar-refractivity contribution in [2.24, 2.45) is 20.9 Å². The highest BCUT2D eigenvalue weighted by Gasteiger charge is 2.48. The lowest BCUT2D eigenvalue weighted by atomic mass is 9.85.